The molecule has 2 amide bonds. The lowest BCUT2D eigenvalue weighted by atomic mass is 10.1. The zero-order chi connectivity index (χ0) is 22.4. The summed E-state index contributed by atoms with van der Waals surface area (Å²) in [5, 5.41) is 3.89. The predicted octanol–water partition coefficient (Wildman–Crippen LogP) is 5.61. The van der Waals surface area contributed by atoms with Crippen molar-refractivity contribution in [2.75, 3.05) is 6.61 Å². The van der Waals surface area contributed by atoms with Crippen LogP contribution >= 0.6 is 39.1 Å². The van der Waals surface area contributed by atoms with Crippen LogP contribution in [0.4, 0.5) is 0 Å². The molecule has 8 heteroatoms. The van der Waals surface area contributed by atoms with Crippen LogP contribution in [0.3, 0.4) is 0 Å². The van der Waals surface area contributed by atoms with E-state index in [2.05, 4.69) is 21.2 Å². The zero-order valence-corrected chi connectivity index (χ0v) is 20.3. The van der Waals surface area contributed by atoms with Gasteiger partial charge in [0.25, 0.3) is 5.91 Å². The maximum atomic E-state index is 13.1. The molecule has 1 atom stereocenters. The van der Waals surface area contributed by atoms with E-state index < -0.39 is 6.04 Å². The van der Waals surface area contributed by atoms with Gasteiger partial charge in [-0.25, -0.2) is 0 Å². The first-order valence-electron chi connectivity index (χ1n) is 10.3. The summed E-state index contributed by atoms with van der Waals surface area (Å²) in [7, 11) is 0. The largest absolute Gasteiger partial charge is 0.482 e. The molecule has 1 aliphatic carbocycles. The Kier molecular flexibility index (Phi) is 8.64. The van der Waals surface area contributed by atoms with Crippen LogP contribution in [0, 0.1) is 0 Å². The normalized spacial score (nSPS) is 14.8. The third kappa shape index (κ3) is 6.86. The SMILES string of the molecule is CC(C(=O)NC1CCCC1)N(Cc1ccc(Br)cc1)C(=O)COc1ccc(Cl)cc1Cl. The number of rotatable bonds is 8. The topological polar surface area (TPSA) is 58.6 Å². The number of amides is 2. The lowest BCUT2D eigenvalue weighted by Gasteiger charge is -2.29. The number of carbonyl (C=O) groups excluding carboxylic acids is 2. The highest BCUT2D eigenvalue weighted by atomic mass is 79.9. The fraction of sp³-hybridized carbons (Fsp3) is 0.391. The van der Waals surface area contributed by atoms with Gasteiger partial charge >= 0.3 is 0 Å². The summed E-state index contributed by atoms with van der Waals surface area (Å²) >= 11 is 15.5. The number of hydrogen-bond acceptors (Lipinski definition) is 3. The average Bonchev–Trinajstić information content (AvgIpc) is 3.25. The molecule has 0 heterocycles. The predicted molar refractivity (Wildman–Crippen MR) is 127 cm³/mol. The number of benzene rings is 2. The molecule has 2 aromatic rings. The van der Waals surface area contributed by atoms with E-state index in [1.165, 1.54) is 4.90 Å². The Balaban J connectivity index is 1.72. The molecule has 0 radical (unpaired) electrons. The van der Waals surface area contributed by atoms with Crippen LogP contribution in [-0.4, -0.2) is 35.4 Å². The van der Waals surface area contributed by atoms with Crippen molar-refractivity contribution in [3.05, 3.63) is 62.5 Å². The Morgan fingerprint density at radius 3 is 2.48 bits per heavy atom. The van der Waals surface area contributed by atoms with Gasteiger partial charge < -0.3 is 15.0 Å². The monoisotopic (exact) mass is 526 g/mol. The molecule has 0 saturated heterocycles. The van der Waals surface area contributed by atoms with Gasteiger partial charge in [0.05, 0.1) is 5.02 Å². The van der Waals surface area contributed by atoms with Crippen LogP contribution in [0.1, 0.15) is 38.2 Å². The van der Waals surface area contributed by atoms with Crippen LogP contribution in [0.5, 0.6) is 5.75 Å². The van der Waals surface area contributed by atoms with E-state index in [-0.39, 0.29) is 24.5 Å². The number of nitrogens with one attached hydrogen (secondary N) is 1. The Morgan fingerprint density at radius 2 is 1.84 bits per heavy atom. The molecular formula is C23H25BrCl2N2O3. The number of hydrogen-bond donors (Lipinski definition) is 1. The lowest BCUT2D eigenvalue weighted by molar-refractivity contribution is -0.142. The van der Waals surface area contributed by atoms with Gasteiger partial charge in [-0.15, -0.1) is 0 Å². The third-order valence-corrected chi connectivity index (χ3v) is 6.44. The second kappa shape index (κ2) is 11.2. The van der Waals surface area contributed by atoms with Gasteiger partial charge in [-0.05, 0) is 55.7 Å². The van der Waals surface area contributed by atoms with Crippen molar-refractivity contribution in [1.82, 2.24) is 10.2 Å². The van der Waals surface area contributed by atoms with Crippen LogP contribution in [-0.2, 0) is 16.1 Å². The van der Waals surface area contributed by atoms with E-state index in [1.807, 2.05) is 24.3 Å². The maximum Gasteiger partial charge on any atom is 0.261 e. The quantitative estimate of drug-likeness (QED) is 0.485. The Bertz CT molecular complexity index is 918. The molecule has 3 rings (SSSR count). The molecule has 1 N–H and O–H groups in total. The second-order valence-corrected chi connectivity index (χ2v) is 9.44. The number of carbonyl (C=O) groups is 2. The molecular weight excluding hydrogens is 503 g/mol. The number of nitrogens with zero attached hydrogens (tertiary/aromatic N) is 1. The minimum atomic E-state index is -0.638. The number of ether oxygens (including phenoxy) is 1. The van der Waals surface area contributed by atoms with Crippen LogP contribution in [0.2, 0.25) is 10.0 Å². The molecule has 166 valence electrons. The first-order chi connectivity index (χ1) is 14.8. The summed E-state index contributed by atoms with van der Waals surface area (Å²) < 4.78 is 6.58. The molecule has 0 bridgehead atoms. The fourth-order valence-electron chi connectivity index (χ4n) is 3.58. The molecule has 0 spiro atoms. The summed E-state index contributed by atoms with van der Waals surface area (Å²) in [6.45, 7) is 1.80. The molecule has 1 unspecified atom stereocenters. The first kappa shape index (κ1) is 23.9. The molecule has 2 aromatic carbocycles. The van der Waals surface area contributed by atoms with Gasteiger partial charge in [-0.3, -0.25) is 9.59 Å². The van der Waals surface area contributed by atoms with E-state index >= 15 is 0 Å². The highest BCUT2D eigenvalue weighted by Gasteiger charge is 2.28. The van der Waals surface area contributed by atoms with Crippen LogP contribution in [0.15, 0.2) is 46.9 Å². The molecule has 0 aromatic heterocycles. The fourth-order valence-corrected chi connectivity index (χ4v) is 4.30. The van der Waals surface area contributed by atoms with Gasteiger partial charge in [0, 0.05) is 22.1 Å². The van der Waals surface area contributed by atoms with Crippen molar-refractivity contribution in [2.45, 2.75) is 51.2 Å². The smallest absolute Gasteiger partial charge is 0.261 e. The zero-order valence-electron chi connectivity index (χ0n) is 17.2. The standard InChI is InChI=1S/C23H25BrCl2N2O3/c1-15(23(30)27-19-4-2-3-5-19)28(13-16-6-8-17(24)9-7-16)22(29)14-31-21-11-10-18(25)12-20(21)26/h6-12,15,19H,2-5,13-14H2,1H3,(H,27,30). The molecule has 5 nitrogen and oxygen atoms in total. The van der Waals surface area contributed by atoms with Gasteiger partial charge in [0.1, 0.15) is 11.8 Å². The van der Waals surface area contributed by atoms with Gasteiger partial charge in [0.15, 0.2) is 6.61 Å². The molecule has 0 aliphatic heterocycles. The summed E-state index contributed by atoms with van der Waals surface area (Å²) in [5.41, 5.74) is 0.918. The van der Waals surface area contributed by atoms with Crippen molar-refractivity contribution >= 4 is 50.9 Å². The molecule has 1 fully saturated rings. The van der Waals surface area contributed by atoms with E-state index in [4.69, 9.17) is 27.9 Å². The Morgan fingerprint density at radius 1 is 1.16 bits per heavy atom. The first-order valence-corrected chi connectivity index (χ1v) is 11.8. The number of halogens is 3. The Labute approximate surface area is 201 Å². The van der Waals surface area contributed by atoms with Crippen molar-refractivity contribution in [3.8, 4) is 5.75 Å². The highest BCUT2D eigenvalue weighted by Crippen LogP contribution is 2.27. The second-order valence-electron chi connectivity index (χ2n) is 7.68. The lowest BCUT2D eigenvalue weighted by Crippen LogP contribution is -2.50. The van der Waals surface area contributed by atoms with Crippen molar-refractivity contribution in [3.63, 3.8) is 0 Å². The van der Waals surface area contributed by atoms with Gasteiger partial charge in [-0.1, -0.05) is 64.1 Å². The summed E-state index contributed by atoms with van der Waals surface area (Å²) in [6.07, 6.45) is 4.21. The third-order valence-electron chi connectivity index (χ3n) is 5.38. The van der Waals surface area contributed by atoms with Crippen molar-refractivity contribution in [2.24, 2.45) is 0 Å². The van der Waals surface area contributed by atoms with Crippen LogP contribution in [0.25, 0.3) is 0 Å². The molecule has 1 saturated carbocycles. The molecule has 1 aliphatic rings. The minimum absolute atomic E-state index is 0.151. The average molecular weight is 528 g/mol. The Hall–Kier alpha value is -1.76. The summed E-state index contributed by atoms with van der Waals surface area (Å²) in [6, 6.07) is 12.0. The van der Waals surface area contributed by atoms with Crippen molar-refractivity contribution < 1.29 is 14.3 Å². The van der Waals surface area contributed by atoms with Crippen molar-refractivity contribution in [1.29, 1.82) is 0 Å². The summed E-state index contributed by atoms with van der Waals surface area (Å²) in [4.78, 5) is 27.5. The van der Waals surface area contributed by atoms with Gasteiger partial charge in [-0.2, -0.15) is 0 Å². The van der Waals surface area contributed by atoms with Crippen LogP contribution < -0.4 is 10.1 Å². The summed E-state index contributed by atoms with van der Waals surface area (Å²) in [5.74, 6) is -0.0871. The van der Waals surface area contributed by atoms with Gasteiger partial charge in [0.2, 0.25) is 5.91 Å². The minimum Gasteiger partial charge on any atom is -0.482 e. The molecule has 31 heavy (non-hydrogen) atoms. The van der Waals surface area contributed by atoms with E-state index in [9.17, 15) is 9.59 Å². The highest BCUT2D eigenvalue weighted by molar-refractivity contribution is 9.10. The van der Waals surface area contributed by atoms with E-state index in [0.29, 0.717) is 22.3 Å². The van der Waals surface area contributed by atoms with E-state index in [0.717, 1.165) is 35.7 Å². The maximum absolute atomic E-state index is 13.1. The van der Waals surface area contributed by atoms with E-state index in [1.54, 1.807) is 25.1 Å².